The van der Waals surface area contributed by atoms with Gasteiger partial charge in [0.25, 0.3) is 0 Å². The molecule has 0 aromatic heterocycles. The van der Waals surface area contributed by atoms with Crippen molar-refractivity contribution in [2.24, 2.45) is 5.92 Å². The summed E-state index contributed by atoms with van der Waals surface area (Å²) in [5, 5.41) is 14.4. The third-order valence-electron chi connectivity index (χ3n) is 7.35. The van der Waals surface area contributed by atoms with Crippen molar-refractivity contribution in [3.05, 3.63) is 80.8 Å². The minimum atomic E-state index is -0.710. The molecule has 0 bridgehead atoms. The predicted octanol–water partition coefficient (Wildman–Crippen LogP) is 7.03. The first-order valence-corrected chi connectivity index (χ1v) is 14.5. The number of rotatable bonds is 7. The number of hydrogen-bond acceptors (Lipinski definition) is 3. The maximum absolute atomic E-state index is 11.6. The zero-order valence-electron chi connectivity index (χ0n) is 21.6. The largest absolute Gasteiger partial charge is 0.496 e. The topological polar surface area (TPSA) is 38.7 Å². The van der Waals surface area contributed by atoms with Gasteiger partial charge in [-0.1, -0.05) is 40.5 Å². The summed E-state index contributed by atoms with van der Waals surface area (Å²) in [5.41, 5.74) is 6.03. The molecule has 3 aromatic rings. The molecule has 3 atom stereocenters. The summed E-state index contributed by atoms with van der Waals surface area (Å²) in [6.07, 6.45) is 2.79. The molecule has 2 unspecified atom stereocenters. The Bertz CT molecular complexity index is 1100. The van der Waals surface area contributed by atoms with Crippen molar-refractivity contribution in [2.75, 3.05) is 14.2 Å². The van der Waals surface area contributed by atoms with Gasteiger partial charge in [0, 0.05) is 4.47 Å². The zero-order valence-corrected chi connectivity index (χ0v) is 24.0. The highest BCUT2D eigenvalue weighted by Gasteiger charge is 2.40. The molecule has 1 fully saturated rings. The maximum Gasteiger partial charge on any atom is 0.124 e. The fourth-order valence-corrected chi connectivity index (χ4v) is 9.96. The molecule has 5 heteroatoms. The third kappa shape index (κ3) is 5.17. The number of ether oxygens (including phenoxy) is 2. The van der Waals surface area contributed by atoms with Gasteiger partial charge in [-0.15, -0.1) is 0 Å². The molecule has 4 rings (SSSR count). The highest BCUT2D eigenvalue weighted by molar-refractivity contribution is 9.10. The van der Waals surface area contributed by atoms with Crippen LogP contribution in [0.4, 0.5) is 0 Å². The first-order valence-electron chi connectivity index (χ1n) is 12.3. The number of hydrogen-bond donors (Lipinski definition) is 1. The van der Waals surface area contributed by atoms with E-state index in [1.54, 1.807) is 14.2 Å². The average molecular weight is 555 g/mol. The number of benzene rings is 3. The Hall–Kier alpha value is -1.87. The molecule has 1 aliphatic carbocycles. The van der Waals surface area contributed by atoms with Crippen molar-refractivity contribution >= 4 is 34.5 Å². The number of halogens is 1. The lowest BCUT2D eigenvalue weighted by Gasteiger charge is -2.34. The number of methoxy groups -OCH3 is 2. The highest BCUT2D eigenvalue weighted by Crippen LogP contribution is 2.54. The van der Waals surface area contributed by atoms with Crippen molar-refractivity contribution < 1.29 is 14.6 Å². The van der Waals surface area contributed by atoms with Crippen LogP contribution in [0.1, 0.15) is 53.2 Å². The van der Waals surface area contributed by atoms with Gasteiger partial charge < -0.3 is 14.6 Å². The van der Waals surface area contributed by atoms with Crippen molar-refractivity contribution in [1.29, 1.82) is 0 Å². The van der Waals surface area contributed by atoms with Crippen LogP contribution in [-0.4, -0.2) is 25.0 Å². The molecular weight excluding hydrogens is 519 g/mol. The summed E-state index contributed by atoms with van der Waals surface area (Å²) in [6, 6.07) is 17.3. The van der Waals surface area contributed by atoms with Gasteiger partial charge in [0.15, 0.2) is 0 Å². The molecule has 3 nitrogen and oxygen atoms in total. The SMILES string of the molecule is COc1c(C)cc(P(c2cc(C)c(OC)c(C)c2)C2CCCC2[C@@H](O)c2ccccc2Br)cc1C. The van der Waals surface area contributed by atoms with E-state index in [2.05, 4.69) is 74.0 Å². The van der Waals surface area contributed by atoms with E-state index in [1.807, 2.05) is 18.2 Å². The second-order valence-corrected chi connectivity index (χ2v) is 13.0. The van der Waals surface area contributed by atoms with Crippen LogP contribution in [0.3, 0.4) is 0 Å². The van der Waals surface area contributed by atoms with E-state index in [4.69, 9.17) is 9.47 Å². The monoisotopic (exact) mass is 554 g/mol. The standard InChI is InChI=1S/C30H36BrO3P/c1-18-14-22(15-19(2)29(18)33-5)35(23-16-20(3)30(34-6)21(4)17-23)27-13-9-11-25(27)28(32)24-10-7-8-12-26(24)31/h7-8,10,12,14-17,25,27-28,32H,9,11,13H2,1-6H3/t25?,27?,28-/m0/s1. The van der Waals surface area contributed by atoms with Crippen molar-refractivity contribution in [3.63, 3.8) is 0 Å². The Morgan fingerprint density at radius 2 is 1.31 bits per heavy atom. The fourth-order valence-electron chi connectivity index (χ4n) is 5.91. The van der Waals surface area contributed by atoms with Crippen molar-refractivity contribution in [2.45, 2.75) is 58.7 Å². The van der Waals surface area contributed by atoms with E-state index in [0.717, 1.165) is 63.1 Å². The van der Waals surface area contributed by atoms with E-state index in [9.17, 15) is 5.11 Å². The van der Waals surface area contributed by atoms with E-state index in [-0.39, 0.29) is 5.92 Å². The smallest absolute Gasteiger partial charge is 0.124 e. The van der Waals surface area contributed by atoms with E-state index >= 15 is 0 Å². The lowest BCUT2D eigenvalue weighted by Crippen LogP contribution is -2.29. The Morgan fingerprint density at radius 3 is 1.77 bits per heavy atom. The van der Waals surface area contributed by atoms with Crippen LogP contribution in [-0.2, 0) is 0 Å². The van der Waals surface area contributed by atoms with Gasteiger partial charge in [-0.3, -0.25) is 0 Å². The number of aliphatic hydroxyl groups is 1. The van der Waals surface area contributed by atoms with Gasteiger partial charge in [0.2, 0.25) is 0 Å². The van der Waals surface area contributed by atoms with Gasteiger partial charge in [0.05, 0.1) is 20.3 Å². The van der Waals surface area contributed by atoms with Crippen LogP contribution in [0.15, 0.2) is 53.0 Å². The minimum Gasteiger partial charge on any atom is -0.496 e. The van der Waals surface area contributed by atoms with Gasteiger partial charge in [-0.05, 0) is 129 Å². The van der Waals surface area contributed by atoms with Gasteiger partial charge >= 0.3 is 0 Å². The van der Waals surface area contributed by atoms with Crippen LogP contribution in [0, 0.1) is 33.6 Å². The summed E-state index contributed by atoms with van der Waals surface area (Å²) in [6.45, 7) is 8.54. The fraction of sp³-hybridized carbons (Fsp3) is 0.400. The van der Waals surface area contributed by atoms with E-state index in [1.165, 1.54) is 10.6 Å². The van der Waals surface area contributed by atoms with Crippen LogP contribution < -0.4 is 20.1 Å². The summed E-state index contributed by atoms with van der Waals surface area (Å²) in [4.78, 5) is 0. The molecule has 1 N–H and O–H groups in total. The second kappa shape index (κ2) is 11.0. The van der Waals surface area contributed by atoms with Gasteiger partial charge in [-0.25, -0.2) is 0 Å². The lowest BCUT2D eigenvalue weighted by atomic mass is 9.94. The molecule has 3 aromatic carbocycles. The molecule has 1 aliphatic rings. The molecule has 0 radical (unpaired) electrons. The van der Waals surface area contributed by atoms with Crippen LogP contribution in [0.5, 0.6) is 11.5 Å². The molecule has 0 saturated heterocycles. The van der Waals surface area contributed by atoms with Gasteiger partial charge in [-0.2, -0.15) is 0 Å². The van der Waals surface area contributed by atoms with Crippen LogP contribution in [0.2, 0.25) is 0 Å². The Morgan fingerprint density at radius 1 is 0.829 bits per heavy atom. The number of aliphatic hydroxyl groups excluding tert-OH is 1. The molecule has 186 valence electrons. The molecule has 0 spiro atoms. The van der Waals surface area contributed by atoms with Gasteiger partial charge in [0.1, 0.15) is 11.5 Å². The van der Waals surface area contributed by atoms with E-state index in [0.29, 0.717) is 5.66 Å². The highest BCUT2D eigenvalue weighted by atomic mass is 79.9. The summed E-state index contributed by atoms with van der Waals surface area (Å²) in [5.74, 6) is 2.12. The average Bonchev–Trinajstić information content (AvgIpc) is 3.28. The van der Waals surface area contributed by atoms with Crippen molar-refractivity contribution in [1.82, 2.24) is 0 Å². The van der Waals surface area contributed by atoms with E-state index < -0.39 is 14.0 Å². The molecule has 1 saturated carbocycles. The Kier molecular flexibility index (Phi) is 8.26. The first-order chi connectivity index (χ1) is 16.8. The number of aryl methyl sites for hydroxylation is 4. The Balaban J connectivity index is 1.86. The summed E-state index contributed by atoms with van der Waals surface area (Å²) in [7, 11) is 2.78. The normalized spacial score (nSPS) is 18.7. The van der Waals surface area contributed by atoms with Crippen LogP contribution >= 0.6 is 23.9 Å². The minimum absolute atomic E-state index is 0.199. The quantitative estimate of drug-likeness (QED) is 0.318. The second-order valence-electron chi connectivity index (χ2n) is 9.72. The molecule has 0 amide bonds. The molecule has 0 aliphatic heterocycles. The molecule has 0 heterocycles. The van der Waals surface area contributed by atoms with Crippen LogP contribution in [0.25, 0.3) is 0 Å². The zero-order chi connectivity index (χ0) is 25.3. The maximum atomic E-state index is 11.6. The Labute approximate surface area is 219 Å². The van der Waals surface area contributed by atoms with Crippen molar-refractivity contribution in [3.8, 4) is 11.5 Å². The molecule has 35 heavy (non-hydrogen) atoms. The summed E-state index contributed by atoms with van der Waals surface area (Å²) < 4.78 is 12.4. The first kappa shape index (κ1) is 26.2. The third-order valence-corrected chi connectivity index (χ3v) is 11.0. The lowest BCUT2D eigenvalue weighted by molar-refractivity contribution is 0.113. The summed E-state index contributed by atoms with van der Waals surface area (Å²) >= 11 is 3.68. The molecular formula is C30H36BrO3P. The predicted molar refractivity (Wildman–Crippen MR) is 151 cm³/mol.